The molecule has 0 spiro atoms. The van der Waals surface area contributed by atoms with Crippen molar-refractivity contribution in [3.05, 3.63) is 71.4 Å². The largest absolute Gasteiger partial charge is 0.480 e. The van der Waals surface area contributed by atoms with Gasteiger partial charge in [0, 0.05) is 42.0 Å². The summed E-state index contributed by atoms with van der Waals surface area (Å²) in [5.74, 6) is -7.66. The number of aromatic nitrogens is 4. The van der Waals surface area contributed by atoms with E-state index in [-0.39, 0.29) is 60.6 Å². The number of alkyl halides is 6. The minimum atomic E-state index is -4.83. The molecule has 3 amide bonds. The maximum absolute atomic E-state index is 13.3. The molecule has 0 unspecified atom stereocenters. The molecule has 1 aliphatic rings. The number of aliphatic carboxylic acids is 1. The lowest BCUT2D eigenvalue weighted by molar-refractivity contribution is -0.160. The molecule has 1 saturated heterocycles. The van der Waals surface area contributed by atoms with E-state index in [1.165, 1.54) is 53.4 Å². The van der Waals surface area contributed by atoms with E-state index >= 15 is 0 Å². The third-order valence-electron chi connectivity index (χ3n) is 7.72. The molecule has 3 heterocycles. The Morgan fingerprint density at radius 2 is 1.31 bits per heavy atom. The highest BCUT2D eigenvalue weighted by atomic mass is 19.4. The quantitative estimate of drug-likeness (QED) is 0.106. The fraction of sp³-hybridized carbons (Fsp3) is 0.323. The molecular formula is C31H27F6N9O8. The molecule has 0 bridgehead atoms. The third kappa shape index (κ3) is 9.86. The van der Waals surface area contributed by atoms with Crippen LogP contribution in [0.1, 0.15) is 51.8 Å². The van der Waals surface area contributed by atoms with Gasteiger partial charge in [-0.1, -0.05) is 0 Å². The summed E-state index contributed by atoms with van der Waals surface area (Å²) in [7, 11) is 0. The van der Waals surface area contributed by atoms with E-state index < -0.39 is 78.9 Å². The zero-order valence-electron chi connectivity index (χ0n) is 27.4. The lowest BCUT2D eigenvalue weighted by Gasteiger charge is -2.40. The van der Waals surface area contributed by atoms with Gasteiger partial charge in [-0.25, -0.2) is 0 Å². The van der Waals surface area contributed by atoms with Crippen molar-refractivity contribution in [2.24, 2.45) is 0 Å². The van der Waals surface area contributed by atoms with Crippen molar-refractivity contribution in [1.82, 2.24) is 35.4 Å². The Labute approximate surface area is 298 Å². The monoisotopic (exact) mass is 767 g/mol. The number of anilines is 4. The molecule has 1 fully saturated rings. The number of nitrogens with one attached hydrogen (secondary N) is 3. The number of amides is 3. The number of nitrogens with zero attached hydrogens (tertiary/aromatic N) is 6. The molecule has 2 aromatic heterocycles. The molecule has 54 heavy (non-hydrogen) atoms. The van der Waals surface area contributed by atoms with E-state index in [0.717, 1.165) is 4.90 Å². The second kappa shape index (κ2) is 16.0. The number of carbonyl (C=O) groups excluding carboxylic acids is 4. The van der Waals surface area contributed by atoms with Crippen LogP contribution in [-0.2, 0) is 26.7 Å². The fourth-order valence-corrected chi connectivity index (χ4v) is 5.18. The third-order valence-corrected chi connectivity index (χ3v) is 7.72. The molecule has 0 aliphatic carbocycles. The van der Waals surface area contributed by atoms with Crippen LogP contribution in [0.4, 0.5) is 49.6 Å². The Morgan fingerprint density at radius 3 is 1.80 bits per heavy atom. The predicted octanol–water partition coefficient (Wildman–Crippen LogP) is 3.88. The first-order valence-corrected chi connectivity index (χ1v) is 15.7. The Bertz CT molecular complexity index is 2000. The van der Waals surface area contributed by atoms with Crippen molar-refractivity contribution in [3.63, 3.8) is 0 Å². The van der Waals surface area contributed by atoms with E-state index in [1.807, 2.05) is 0 Å². The van der Waals surface area contributed by atoms with E-state index in [4.69, 9.17) is 0 Å². The first kappa shape index (κ1) is 38.7. The van der Waals surface area contributed by atoms with Gasteiger partial charge in [-0.05, 0) is 71.7 Å². The second-order valence-corrected chi connectivity index (χ2v) is 11.5. The summed E-state index contributed by atoms with van der Waals surface area (Å²) in [6.07, 6.45) is -9.68. The van der Waals surface area contributed by atoms with Gasteiger partial charge >= 0.3 is 30.1 Å². The average Bonchev–Trinajstić information content (AvgIpc) is 3.80. The molecule has 0 radical (unpaired) electrons. The molecule has 17 nitrogen and oxygen atoms in total. The van der Waals surface area contributed by atoms with Crippen molar-refractivity contribution >= 4 is 52.7 Å². The number of rotatable bonds is 14. The highest BCUT2D eigenvalue weighted by Gasteiger charge is 2.40. The van der Waals surface area contributed by atoms with Crippen LogP contribution in [-0.4, -0.2) is 96.9 Å². The lowest BCUT2D eigenvalue weighted by Crippen LogP contribution is -2.60. The number of carbonyl (C=O) groups is 5. The van der Waals surface area contributed by atoms with Gasteiger partial charge in [-0.2, -0.15) is 36.3 Å². The van der Waals surface area contributed by atoms with Crippen LogP contribution in [0.15, 0.2) is 57.6 Å². The number of ketones is 1. The van der Waals surface area contributed by atoms with Gasteiger partial charge < -0.3 is 39.9 Å². The number of hydrogen-bond acceptors (Lipinski definition) is 13. The summed E-state index contributed by atoms with van der Waals surface area (Å²) >= 11 is 0. The van der Waals surface area contributed by atoms with Crippen LogP contribution in [0.3, 0.4) is 0 Å². The van der Waals surface area contributed by atoms with Crippen LogP contribution in [0.5, 0.6) is 0 Å². The summed E-state index contributed by atoms with van der Waals surface area (Å²) in [6.45, 7) is -1.32. The normalized spacial score (nSPS) is 14.9. The number of halogens is 6. The van der Waals surface area contributed by atoms with Crippen LogP contribution in [0, 0.1) is 0 Å². The average molecular weight is 768 g/mol. The summed E-state index contributed by atoms with van der Waals surface area (Å²) in [4.78, 5) is 72.2. The first-order valence-electron chi connectivity index (χ1n) is 15.7. The minimum absolute atomic E-state index is 0.0291. The van der Waals surface area contributed by atoms with Crippen molar-refractivity contribution in [2.75, 3.05) is 36.8 Å². The van der Waals surface area contributed by atoms with E-state index in [9.17, 15) is 55.4 Å². The summed E-state index contributed by atoms with van der Waals surface area (Å²) in [5.41, 5.74) is 0.784. The molecule has 0 saturated carbocycles. The highest BCUT2D eigenvalue weighted by molar-refractivity contribution is 5.98. The van der Waals surface area contributed by atoms with Gasteiger partial charge in [-0.3, -0.25) is 24.0 Å². The number of carboxylic acid groups (broad SMARTS) is 1. The predicted molar refractivity (Wildman–Crippen MR) is 168 cm³/mol. The van der Waals surface area contributed by atoms with Gasteiger partial charge in [0.25, 0.3) is 17.8 Å². The van der Waals surface area contributed by atoms with E-state index in [1.54, 1.807) is 0 Å². The van der Waals surface area contributed by atoms with Gasteiger partial charge in [0.2, 0.25) is 11.8 Å². The van der Waals surface area contributed by atoms with Crippen molar-refractivity contribution < 1.29 is 64.5 Å². The minimum Gasteiger partial charge on any atom is -0.480 e. The Kier molecular flexibility index (Phi) is 11.5. The molecule has 2 aromatic carbocycles. The number of hydrogen-bond donors (Lipinski definition) is 4. The Hall–Kier alpha value is -6.55. The number of carboxylic acids is 1. The maximum Gasteiger partial charge on any atom is 0.471 e. The highest BCUT2D eigenvalue weighted by Crippen LogP contribution is 2.30. The molecule has 23 heteroatoms. The zero-order chi connectivity index (χ0) is 39.2. The second-order valence-electron chi connectivity index (χ2n) is 11.5. The van der Waals surface area contributed by atoms with Gasteiger partial charge in [0.05, 0.1) is 6.54 Å². The smallest absolute Gasteiger partial charge is 0.471 e. The van der Waals surface area contributed by atoms with Crippen molar-refractivity contribution in [3.8, 4) is 0 Å². The van der Waals surface area contributed by atoms with E-state index in [0.29, 0.717) is 0 Å². The van der Waals surface area contributed by atoms with Gasteiger partial charge in [-0.15, -0.1) is 0 Å². The molecular weight excluding hydrogens is 740 g/mol. The number of benzene rings is 2. The van der Waals surface area contributed by atoms with E-state index in [2.05, 4.69) is 45.3 Å². The number of Topliss-reactive ketones (excluding diaryl/α,β-unsaturated/α-hetero) is 1. The molecule has 1 aliphatic heterocycles. The Balaban J connectivity index is 1.15. The van der Waals surface area contributed by atoms with Gasteiger partial charge in [0.15, 0.2) is 5.78 Å². The summed E-state index contributed by atoms with van der Waals surface area (Å²) in [5, 5.41) is 23.0. The maximum atomic E-state index is 13.3. The molecule has 4 N–H and O–H groups in total. The van der Waals surface area contributed by atoms with Crippen molar-refractivity contribution in [1.29, 1.82) is 0 Å². The topological polar surface area (TPSA) is 226 Å². The zero-order valence-corrected chi connectivity index (χ0v) is 27.4. The fourth-order valence-electron chi connectivity index (χ4n) is 5.18. The Morgan fingerprint density at radius 1 is 0.796 bits per heavy atom. The number of piperazine rings is 1. The van der Waals surface area contributed by atoms with Crippen LogP contribution >= 0.6 is 0 Å². The standard InChI is InChI=1S/C31H27F6N9O8/c32-30(33,34)26-41-28(43-53-26)39-18-8-4-16(5-9-18)21(47)3-1-2-20-25(52)45(15-23(49)50)12-13-46(20)22(48)14-38-24(51)17-6-10-19(11-7-17)40-29-42-27(54-44-29)31(35,36)37/h4-11,20H,1-3,12-15H2,(H,38,51)(H,39,43)(H,40,44)(H,49,50)/t20-/m0/s1. The first-order chi connectivity index (χ1) is 25.5. The molecule has 5 rings (SSSR count). The van der Waals surface area contributed by atoms with Crippen LogP contribution in [0.25, 0.3) is 0 Å². The molecule has 1 atom stereocenters. The van der Waals surface area contributed by atoms with Crippen LogP contribution in [0.2, 0.25) is 0 Å². The van der Waals surface area contributed by atoms with Crippen molar-refractivity contribution in [2.45, 2.75) is 37.7 Å². The summed E-state index contributed by atoms with van der Waals surface area (Å²) < 4.78 is 84.4. The molecule has 4 aromatic rings. The lowest BCUT2D eigenvalue weighted by atomic mass is 9.99. The summed E-state index contributed by atoms with van der Waals surface area (Å²) in [6, 6.07) is 9.77. The SMILES string of the molecule is O=C(O)CN1CCN(C(=O)CNC(=O)c2ccc(Nc3noc(C(F)(F)F)n3)cc2)[C@@H](CCCC(=O)c2ccc(Nc3noc(C(F)(F)F)n3)cc2)C1=O. The molecule has 286 valence electrons. The van der Waals surface area contributed by atoms with Gasteiger partial charge in [0.1, 0.15) is 12.6 Å². The van der Waals surface area contributed by atoms with Crippen LogP contribution < -0.4 is 16.0 Å².